The van der Waals surface area contributed by atoms with Gasteiger partial charge in [-0.2, -0.15) is 11.8 Å². The van der Waals surface area contributed by atoms with Crippen LogP contribution in [0.25, 0.3) is 10.8 Å². The normalized spacial score (nSPS) is 12.8. The zero-order valence-corrected chi connectivity index (χ0v) is 10.9. The number of benzene rings is 2. The standard InChI is InChI=1S/C15H18OS/c1-2-17-11-10-15(16)14-9-5-7-12-6-3-4-8-13(12)14/h3-9,15-16H,2,10-11H2,1H3. The summed E-state index contributed by atoms with van der Waals surface area (Å²) in [5, 5.41) is 12.6. The van der Waals surface area contributed by atoms with Gasteiger partial charge in [0.2, 0.25) is 0 Å². The van der Waals surface area contributed by atoms with Crippen LogP contribution >= 0.6 is 11.8 Å². The molecule has 0 heterocycles. The van der Waals surface area contributed by atoms with Gasteiger partial charge in [0.05, 0.1) is 6.10 Å². The first-order valence-electron chi connectivity index (χ1n) is 6.06. The topological polar surface area (TPSA) is 20.2 Å². The van der Waals surface area contributed by atoms with E-state index in [-0.39, 0.29) is 6.10 Å². The molecule has 1 unspecified atom stereocenters. The fraction of sp³-hybridized carbons (Fsp3) is 0.333. The van der Waals surface area contributed by atoms with Crippen molar-refractivity contribution in [1.29, 1.82) is 0 Å². The fourth-order valence-corrected chi connectivity index (χ4v) is 2.71. The summed E-state index contributed by atoms with van der Waals surface area (Å²) in [4.78, 5) is 0. The van der Waals surface area contributed by atoms with Gasteiger partial charge >= 0.3 is 0 Å². The lowest BCUT2D eigenvalue weighted by molar-refractivity contribution is 0.176. The molecule has 0 bridgehead atoms. The highest BCUT2D eigenvalue weighted by molar-refractivity contribution is 7.99. The van der Waals surface area contributed by atoms with E-state index in [0.29, 0.717) is 0 Å². The number of aliphatic hydroxyl groups is 1. The molecule has 2 heteroatoms. The molecule has 90 valence electrons. The molecule has 0 aliphatic heterocycles. The van der Waals surface area contributed by atoms with Gasteiger partial charge < -0.3 is 5.11 Å². The number of thioether (sulfide) groups is 1. The first kappa shape index (κ1) is 12.5. The Hall–Kier alpha value is -0.990. The minimum atomic E-state index is -0.347. The maximum Gasteiger partial charge on any atom is 0.0803 e. The largest absolute Gasteiger partial charge is 0.388 e. The Morgan fingerprint density at radius 3 is 2.71 bits per heavy atom. The van der Waals surface area contributed by atoms with Gasteiger partial charge in [-0.15, -0.1) is 0 Å². The molecular formula is C15H18OS. The molecule has 0 saturated carbocycles. The van der Waals surface area contributed by atoms with E-state index >= 15 is 0 Å². The second-order valence-electron chi connectivity index (χ2n) is 4.07. The van der Waals surface area contributed by atoms with Gasteiger partial charge in [0.1, 0.15) is 0 Å². The van der Waals surface area contributed by atoms with E-state index in [1.165, 1.54) is 10.8 Å². The molecular weight excluding hydrogens is 228 g/mol. The molecule has 0 aliphatic rings. The number of rotatable bonds is 5. The third-order valence-corrected chi connectivity index (χ3v) is 3.85. The Morgan fingerprint density at radius 1 is 1.12 bits per heavy atom. The smallest absolute Gasteiger partial charge is 0.0803 e. The zero-order valence-electron chi connectivity index (χ0n) is 10.1. The summed E-state index contributed by atoms with van der Waals surface area (Å²) < 4.78 is 0. The van der Waals surface area contributed by atoms with Crippen LogP contribution in [-0.2, 0) is 0 Å². The molecule has 17 heavy (non-hydrogen) atoms. The summed E-state index contributed by atoms with van der Waals surface area (Å²) in [5.74, 6) is 2.13. The van der Waals surface area contributed by atoms with E-state index in [2.05, 4.69) is 25.1 Å². The first-order valence-corrected chi connectivity index (χ1v) is 7.22. The molecule has 0 aromatic heterocycles. The summed E-state index contributed by atoms with van der Waals surface area (Å²) in [7, 11) is 0. The second-order valence-corrected chi connectivity index (χ2v) is 5.46. The lowest BCUT2D eigenvalue weighted by Crippen LogP contribution is -2.00. The average molecular weight is 246 g/mol. The first-order chi connectivity index (χ1) is 8.33. The molecule has 1 N–H and O–H groups in total. The summed E-state index contributed by atoms with van der Waals surface area (Å²) in [6.07, 6.45) is 0.479. The van der Waals surface area contributed by atoms with Gasteiger partial charge in [-0.3, -0.25) is 0 Å². The Balaban J connectivity index is 2.22. The Morgan fingerprint density at radius 2 is 1.88 bits per heavy atom. The highest BCUT2D eigenvalue weighted by atomic mass is 32.2. The summed E-state index contributed by atoms with van der Waals surface area (Å²) in [6.45, 7) is 2.15. The molecule has 2 aromatic carbocycles. The van der Waals surface area contributed by atoms with Crippen molar-refractivity contribution in [3.63, 3.8) is 0 Å². The molecule has 1 atom stereocenters. The van der Waals surface area contributed by atoms with Crippen molar-refractivity contribution in [1.82, 2.24) is 0 Å². The predicted octanol–water partition coefficient (Wildman–Crippen LogP) is 4.02. The van der Waals surface area contributed by atoms with Crippen molar-refractivity contribution in [2.24, 2.45) is 0 Å². The lowest BCUT2D eigenvalue weighted by atomic mass is 9.99. The van der Waals surface area contributed by atoms with E-state index in [0.717, 1.165) is 23.5 Å². The van der Waals surface area contributed by atoms with Gasteiger partial charge in [-0.25, -0.2) is 0 Å². The molecule has 0 fully saturated rings. The van der Waals surface area contributed by atoms with E-state index in [4.69, 9.17) is 0 Å². The molecule has 0 spiro atoms. The molecule has 0 saturated heterocycles. The van der Waals surface area contributed by atoms with Crippen LogP contribution in [-0.4, -0.2) is 16.6 Å². The molecule has 0 aliphatic carbocycles. The maximum absolute atomic E-state index is 10.2. The van der Waals surface area contributed by atoms with Crippen LogP contribution in [0.1, 0.15) is 25.0 Å². The van der Waals surface area contributed by atoms with Gasteiger partial charge in [0.25, 0.3) is 0 Å². The van der Waals surface area contributed by atoms with Crippen LogP contribution in [0.4, 0.5) is 0 Å². The third-order valence-electron chi connectivity index (χ3n) is 2.92. The van der Waals surface area contributed by atoms with Crippen LogP contribution < -0.4 is 0 Å². The minimum absolute atomic E-state index is 0.347. The van der Waals surface area contributed by atoms with Gasteiger partial charge in [-0.1, -0.05) is 49.4 Å². The summed E-state index contributed by atoms with van der Waals surface area (Å²) in [5.41, 5.74) is 1.06. The van der Waals surface area contributed by atoms with Crippen molar-refractivity contribution in [3.8, 4) is 0 Å². The molecule has 2 rings (SSSR count). The number of aliphatic hydroxyl groups excluding tert-OH is 1. The van der Waals surface area contributed by atoms with Crippen LogP contribution in [0, 0.1) is 0 Å². The Labute approximate surface area is 107 Å². The summed E-state index contributed by atoms with van der Waals surface area (Å²) in [6, 6.07) is 14.4. The minimum Gasteiger partial charge on any atom is -0.388 e. The SMILES string of the molecule is CCSCCC(O)c1cccc2ccccc12. The third kappa shape index (κ3) is 3.02. The van der Waals surface area contributed by atoms with Gasteiger partial charge in [0, 0.05) is 0 Å². The van der Waals surface area contributed by atoms with Crippen molar-refractivity contribution in [2.45, 2.75) is 19.4 Å². The monoisotopic (exact) mass is 246 g/mol. The zero-order chi connectivity index (χ0) is 12.1. The molecule has 0 amide bonds. The lowest BCUT2D eigenvalue weighted by Gasteiger charge is -2.13. The number of hydrogen-bond donors (Lipinski definition) is 1. The highest BCUT2D eigenvalue weighted by Crippen LogP contribution is 2.26. The second kappa shape index (κ2) is 6.08. The predicted molar refractivity (Wildman–Crippen MR) is 76.5 cm³/mol. The average Bonchev–Trinajstić information content (AvgIpc) is 2.38. The Bertz CT molecular complexity index is 476. The molecule has 2 aromatic rings. The molecule has 0 radical (unpaired) electrons. The van der Waals surface area contributed by atoms with Gasteiger partial charge in [0.15, 0.2) is 0 Å². The van der Waals surface area contributed by atoms with Crippen LogP contribution in [0.3, 0.4) is 0 Å². The van der Waals surface area contributed by atoms with Crippen molar-refractivity contribution in [2.75, 3.05) is 11.5 Å². The van der Waals surface area contributed by atoms with Crippen LogP contribution in [0.5, 0.6) is 0 Å². The number of hydrogen-bond acceptors (Lipinski definition) is 2. The highest BCUT2D eigenvalue weighted by Gasteiger charge is 2.10. The van der Waals surface area contributed by atoms with Crippen molar-refractivity contribution in [3.05, 3.63) is 48.0 Å². The summed E-state index contributed by atoms with van der Waals surface area (Å²) >= 11 is 1.88. The van der Waals surface area contributed by atoms with Crippen LogP contribution in [0.15, 0.2) is 42.5 Å². The quantitative estimate of drug-likeness (QED) is 0.804. The van der Waals surface area contributed by atoms with E-state index in [1.54, 1.807) is 0 Å². The number of fused-ring (bicyclic) bond motifs is 1. The maximum atomic E-state index is 10.2. The van der Waals surface area contributed by atoms with Gasteiger partial charge in [-0.05, 0) is 34.3 Å². The Kier molecular flexibility index (Phi) is 4.46. The van der Waals surface area contributed by atoms with E-state index < -0.39 is 0 Å². The van der Waals surface area contributed by atoms with Crippen LogP contribution in [0.2, 0.25) is 0 Å². The molecule has 1 nitrogen and oxygen atoms in total. The fourth-order valence-electron chi connectivity index (χ4n) is 2.04. The van der Waals surface area contributed by atoms with Crippen molar-refractivity contribution >= 4 is 22.5 Å². The van der Waals surface area contributed by atoms with E-state index in [1.807, 2.05) is 36.0 Å². The van der Waals surface area contributed by atoms with Crippen molar-refractivity contribution < 1.29 is 5.11 Å². The van der Waals surface area contributed by atoms with E-state index in [9.17, 15) is 5.11 Å².